The van der Waals surface area contributed by atoms with Gasteiger partial charge in [-0.2, -0.15) is 5.26 Å². The molecule has 1 aromatic carbocycles. The summed E-state index contributed by atoms with van der Waals surface area (Å²) in [6, 6.07) is 9.66. The lowest BCUT2D eigenvalue weighted by Crippen LogP contribution is -2.28. The van der Waals surface area contributed by atoms with Crippen molar-refractivity contribution < 1.29 is 4.79 Å². The van der Waals surface area contributed by atoms with Gasteiger partial charge in [-0.1, -0.05) is 81.5 Å². The number of carbonyl (C=O) groups excluding carboxylic acids is 1. The summed E-state index contributed by atoms with van der Waals surface area (Å²) in [7, 11) is 0. The number of nitrogens with one attached hydrogen (secondary N) is 2. The second kappa shape index (κ2) is 13.2. The molecule has 1 aliphatic rings. The van der Waals surface area contributed by atoms with Crippen LogP contribution in [0.4, 0.5) is 0 Å². The first-order valence-electron chi connectivity index (χ1n) is 10.6. The summed E-state index contributed by atoms with van der Waals surface area (Å²) in [6.45, 7) is 0.373. The van der Waals surface area contributed by atoms with Crippen LogP contribution in [-0.2, 0) is 11.3 Å². The molecule has 4 nitrogen and oxygen atoms in total. The summed E-state index contributed by atoms with van der Waals surface area (Å²) in [5, 5.41) is 16.2. The van der Waals surface area contributed by atoms with Gasteiger partial charge in [0.15, 0.2) is 0 Å². The lowest BCUT2D eigenvalue weighted by Gasteiger charge is -2.18. The minimum atomic E-state index is -0.349. The molecule has 0 bridgehead atoms. The zero-order valence-electron chi connectivity index (χ0n) is 16.7. The Labute approximate surface area is 174 Å². The molecule has 2 rings (SSSR count). The standard InChI is InChI=1S/C23H32ClN3O/c24-21-14-12-19(13-15-21)17-27-23(28)20(16-25)18-26-22-10-8-6-4-2-1-3-5-7-9-11-22/h12-15,18,22,26H,1-11,17H2,(H,27,28)/b20-18-. The maximum Gasteiger partial charge on any atom is 0.263 e. The largest absolute Gasteiger partial charge is 0.387 e. The number of halogens is 1. The number of benzene rings is 1. The van der Waals surface area contributed by atoms with Gasteiger partial charge in [-0.25, -0.2) is 0 Å². The molecule has 0 spiro atoms. The third-order valence-corrected chi connectivity index (χ3v) is 5.55. The molecule has 152 valence electrons. The second-order valence-corrected chi connectivity index (χ2v) is 8.04. The van der Waals surface area contributed by atoms with Crippen molar-refractivity contribution in [1.29, 1.82) is 5.26 Å². The van der Waals surface area contributed by atoms with Crippen molar-refractivity contribution in [1.82, 2.24) is 10.6 Å². The maximum absolute atomic E-state index is 12.3. The molecule has 1 aromatic rings. The van der Waals surface area contributed by atoms with Crippen molar-refractivity contribution in [3.8, 4) is 6.07 Å². The van der Waals surface area contributed by atoms with Crippen LogP contribution in [0.2, 0.25) is 5.02 Å². The van der Waals surface area contributed by atoms with Crippen molar-refractivity contribution in [2.24, 2.45) is 0 Å². The Bertz CT molecular complexity index is 651. The zero-order chi connectivity index (χ0) is 20.0. The van der Waals surface area contributed by atoms with E-state index in [0.29, 0.717) is 17.6 Å². The van der Waals surface area contributed by atoms with Crippen molar-refractivity contribution >= 4 is 17.5 Å². The van der Waals surface area contributed by atoms with E-state index in [1.54, 1.807) is 18.3 Å². The number of hydrogen-bond acceptors (Lipinski definition) is 3. The summed E-state index contributed by atoms with van der Waals surface area (Å²) in [5.74, 6) is -0.349. The predicted molar refractivity (Wildman–Crippen MR) is 115 cm³/mol. The van der Waals surface area contributed by atoms with Crippen LogP contribution < -0.4 is 10.6 Å². The fraction of sp³-hybridized carbons (Fsp3) is 0.565. The normalized spacial score (nSPS) is 17.6. The molecule has 1 fully saturated rings. The SMILES string of the molecule is N#C/C(=C/NC1CCCCCCCCCCC1)C(=O)NCc1ccc(Cl)cc1. The highest BCUT2D eigenvalue weighted by Crippen LogP contribution is 2.17. The van der Waals surface area contributed by atoms with Crippen LogP contribution in [-0.4, -0.2) is 11.9 Å². The van der Waals surface area contributed by atoms with E-state index in [-0.39, 0.29) is 11.5 Å². The third-order valence-electron chi connectivity index (χ3n) is 5.30. The van der Waals surface area contributed by atoms with E-state index in [4.69, 9.17) is 11.6 Å². The van der Waals surface area contributed by atoms with Crippen molar-refractivity contribution in [3.63, 3.8) is 0 Å². The van der Waals surface area contributed by atoms with Crippen LogP contribution in [0.5, 0.6) is 0 Å². The van der Waals surface area contributed by atoms with Crippen LogP contribution in [0.25, 0.3) is 0 Å². The summed E-state index contributed by atoms with van der Waals surface area (Å²) in [4.78, 5) is 12.3. The number of hydrogen-bond donors (Lipinski definition) is 2. The van der Waals surface area contributed by atoms with Crippen molar-refractivity contribution in [2.45, 2.75) is 83.2 Å². The minimum absolute atomic E-state index is 0.125. The van der Waals surface area contributed by atoms with Crippen molar-refractivity contribution in [3.05, 3.63) is 46.6 Å². The molecule has 5 heteroatoms. The molecular weight excluding hydrogens is 370 g/mol. The van der Waals surface area contributed by atoms with Crippen LogP contribution in [0, 0.1) is 11.3 Å². The number of nitriles is 1. The van der Waals surface area contributed by atoms with Gasteiger partial charge in [-0.15, -0.1) is 0 Å². The molecule has 1 aliphatic carbocycles. The van der Waals surface area contributed by atoms with Gasteiger partial charge in [0.2, 0.25) is 0 Å². The first kappa shape index (κ1) is 22.3. The molecule has 0 aromatic heterocycles. The van der Waals surface area contributed by atoms with E-state index in [1.807, 2.05) is 18.2 Å². The van der Waals surface area contributed by atoms with Crippen LogP contribution in [0.1, 0.15) is 76.2 Å². The van der Waals surface area contributed by atoms with Gasteiger partial charge in [0.1, 0.15) is 11.6 Å². The van der Waals surface area contributed by atoms with Gasteiger partial charge >= 0.3 is 0 Å². The molecule has 1 saturated carbocycles. The van der Waals surface area contributed by atoms with Gasteiger partial charge in [-0.3, -0.25) is 4.79 Å². The Balaban J connectivity index is 1.85. The Morgan fingerprint density at radius 2 is 1.54 bits per heavy atom. The van der Waals surface area contributed by atoms with Gasteiger partial charge in [0, 0.05) is 23.8 Å². The Hall–Kier alpha value is -1.99. The van der Waals surface area contributed by atoms with Gasteiger partial charge in [0.05, 0.1) is 0 Å². The van der Waals surface area contributed by atoms with E-state index in [0.717, 1.165) is 18.4 Å². The van der Waals surface area contributed by atoms with E-state index in [2.05, 4.69) is 10.6 Å². The fourth-order valence-electron chi connectivity index (χ4n) is 3.56. The van der Waals surface area contributed by atoms with E-state index >= 15 is 0 Å². The summed E-state index contributed by atoms with van der Waals surface area (Å²) < 4.78 is 0. The van der Waals surface area contributed by atoms with Gasteiger partial charge in [-0.05, 0) is 30.5 Å². The van der Waals surface area contributed by atoms with E-state index < -0.39 is 0 Å². The Kier molecular flexibility index (Phi) is 10.5. The average Bonchev–Trinajstić information content (AvgIpc) is 2.69. The summed E-state index contributed by atoms with van der Waals surface area (Å²) >= 11 is 5.87. The highest BCUT2D eigenvalue weighted by molar-refractivity contribution is 6.30. The van der Waals surface area contributed by atoms with Gasteiger partial charge < -0.3 is 10.6 Å². The first-order valence-corrected chi connectivity index (χ1v) is 11.0. The smallest absolute Gasteiger partial charge is 0.263 e. The molecule has 0 atom stereocenters. The second-order valence-electron chi connectivity index (χ2n) is 7.60. The van der Waals surface area contributed by atoms with Crippen LogP contribution in [0.3, 0.4) is 0 Å². The maximum atomic E-state index is 12.3. The monoisotopic (exact) mass is 401 g/mol. The molecule has 2 N–H and O–H groups in total. The zero-order valence-corrected chi connectivity index (χ0v) is 17.4. The van der Waals surface area contributed by atoms with Crippen LogP contribution >= 0.6 is 11.6 Å². The topological polar surface area (TPSA) is 64.9 Å². The quantitative estimate of drug-likeness (QED) is 0.496. The molecule has 0 unspecified atom stereocenters. The van der Waals surface area contributed by atoms with Gasteiger partial charge in [0.25, 0.3) is 5.91 Å². The average molecular weight is 402 g/mol. The van der Waals surface area contributed by atoms with Crippen LogP contribution in [0.15, 0.2) is 36.0 Å². The molecule has 28 heavy (non-hydrogen) atoms. The Morgan fingerprint density at radius 3 is 2.07 bits per heavy atom. The number of carbonyl (C=O) groups is 1. The molecular formula is C23H32ClN3O. The Morgan fingerprint density at radius 1 is 1.00 bits per heavy atom. The molecule has 0 saturated heterocycles. The van der Waals surface area contributed by atoms with E-state index in [1.165, 1.54) is 57.8 Å². The lowest BCUT2D eigenvalue weighted by atomic mass is 9.98. The number of amides is 1. The highest BCUT2D eigenvalue weighted by Gasteiger charge is 2.12. The fourth-order valence-corrected chi connectivity index (χ4v) is 3.69. The van der Waals surface area contributed by atoms with Crippen molar-refractivity contribution in [2.75, 3.05) is 0 Å². The molecule has 0 heterocycles. The third kappa shape index (κ3) is 8.80. The molecule has 0 radical (unpaired) electrons. The molecule has 1 amide bonds. The minimum Gasteiger partial charge on any atom is -0.387 e. The highest BCUT2D eigenvalue weighted by atomic mass is 35.5. The first-order chi connectivity index (χ1) is 13.7. The number of rotatable bonds is 5. The lowest BCUT2D eigenvalue weighted by molar-refractivity contribution is -0.117. The van der Waals surface area contributed by atoms with E-state index in [9.17, 15) is 10.1 Å². The molecule has 0 aliphatic heterocycles. The summed E-state index contributed by atoms with van der Waals surface area (Å²) in [6.07, 6.45) is 15.5. The predicted octanol–water partition coefficient (Wildman–Crippen LogP) is 5.63. The summed E-state index contributed by atoms with van der Waals surface area (Å²) in [5.41, 5.74) is 1.07. The number of nitrogens with zero attached hydrogens (tertiary/aromatic N) is 1.